The number of fused-ring (bicyclic) bond motifs is 1. The van der Waals surface area contributed by atoms with Gasteiger partial charge in [0.1, 0.15) is 9.79 Å². The topological polar surface area (TPSA) is 220 Å². The number of tetrazole rings is 1. The Morgan fingerprint density at radius 3 is 2.74 bits per heavy atom. The van der Waals surface area contributed by atoms with Crippen molar-refractivity contribution in [1.82, 2.24) is 40.2 Å². The molecular formula is C20H26N10O6S2. The lowest BCUT2D eigenvalue weighted by Gasteiger charge is -2.31. The first kappa shape index (κ1) is 26.2. The average molecular weight is 567 g/mol. The van der Waals surface area contributed by atoms with Gasteiger partial charge in [-0.05, 0) is 43.7 Å². The van der Waals surface area contributed by atoms with Crippen molar-refractivity contribution >= 4 is 37.7 Å². The molecule has 0 unspecified atom stereocenters. The maximum Gasteiger partial charge on any atom is 0.358 e. The lowest BCUT2D eigenvalue weighted by Crippen LogP contribution is -2.37. The Hall–Kier alpha value is -3.45. The van der Waals surface area contributed by atoms with Crippen molar-refractivity contribution in [3.8, 4) is 11.4 Å². The first-order valence-electron chi connectivity index (χ1n) is 11.8. The fraction of sp³-hybridized carbons (Fsp3) is 0.450. The molecule has 1 fully saturated rings. The summed E-state index contributed by atoms with van der Waals surface area (Å²) in [4.78, 5) is 17.2. The van der Waals surface area contributed by atoms with Crippen LogP contribution in [0.4, 0.5) is 11.6 Å². The number of esters is 1. The SMILES string of the molecule is CCOC(=O)c1cn2c(n1)N(c1ccc(S(=O)(=O)N[C@@H]3CCNC3)c(S(N)(=O)=O)c1-c1nn[nH]n1)CCC2. The van der Waals surface area contributed by atoms with Gasteiger partial charge in [-0.2, -0.15) is 5.21 Å². The predicted octanol–water partition coefficient (Wildman–Crippen LogP) is -0.931. The van der Waals surface area contributed by atoms with E-state index in [2.05, 4.69) is 35.6 Å². The zero-order chi connectivity index (χ0) is 27.1. The van der Waals surface area contributed by atoms with Gasteiger partial charge in [0.2, 0.25) is 31.8 Å². The van der Waals surface area contributed by atoms with Crippen LogP contribution in [0.15, 0.2) is 28.1 Å². The van der Waals surface area contributed by atoms with Crippen LogP contribution in [0, 0.1) is 0 Å². The van der Waals surface area contributed by atoms with Gasteiger partial charge >= 0.3 is 5.97 Å². The van der Waals surface area contributed by atoms with E-state index >= 15 is 0 Å². The van der Waals surface area contributed by atoms with Crippen LogP contribution in [-0.4, -0.2) is 85.3 Å². The second-order valence-electron chi connectivity index (χ2n) is 8.72. The molecule has 38 heavy (non-hydrogen) atoms. The van der Waals surface area contributed by atoms with E-state index in [4.69, 9.17) is 9.88 Å². The number of hydrogen-bond acceptors (Lipinski definition) is 12. The minimum absolute atomic E-state index is 0.0788. The van der Waals surface area contributed by atoms with Crippen molar-refractivity contribution in [2.45, 2.75) is 42.1 Å². The van der Waals surface area contributed by atoms with Gasteiger partial charge in [-0.3, -0.25) is 0 Å². The molecule has 0 spiro atoms. The molecule has 2 aliphatic rings. The number of aryl methyl sites for hydroxylation is 1. The largest absolute Gasteiger partial charge is 0.461 e. The molecule has 3 aromatic rings. The van der Waals surface area contributed by atoms with E-state index in [9.17, 15) is 21.6 Å². The molecule has 1 saturated heterocycles. The summed E-state index contributed by atoms with van der Waals surface area (Å²) in [6, 6.07) is 2.20. The highest BCUT2D eigenvalue weighted by Crippen LogP contribution is 2.41. The molecule has 204 valence electrons. The number of rotatable bonds is 8. The van der Waals surface area contributed by atoms with E-state index < -0.39 is 41.8 Å². The van der Waals surface area contributed by atoms with Crippen LogP contribution in [0.3, 0.4) is 0 Å². The van der Waals surface area contributed by atoms with Gasteiger partial charge in [0.25, 0.3) is 0 Å². The fourth-order valence-corrected chi connectivity index (χ4v) is 7.48. The van der Waals surface area contributed by atoms with Gasteiger partial charge in [-0.1, -0.05) is 0 Å². The summed E-state index contributed by atoms with van der Waals surface area (Å²) in [5.74, 6) is -0.458. The minimum Gasteiger partial charge on any atom is -0.461 e. The molecule has 0 saturated carbocycles. The van der Waals surface area contributed by atoms with E-state index in [-0.39, 0.29) is 29.4 Å². The van der Waals surface area contributed by atoms with Crippen LogP contribution in [-0.2, 0) is 31.3 Å². The van der Waals surface area contributed by atoms with Crippen LogP contribution in [0.2, 0.25) is 0 Å². The van der Waals surface area contributed by atoms with Crippen molar-refractivity contribution in [1.29, 1.82) is 0 Å². The summed E-state index contributed by atoms with van der Waals surface area (Å²) in [7, 11) is -8.97. The fourth-order valence-electron chi connectivity index (χ4n) is 4.61. The highest BCUT2D eigenvalue weighted by molar-refractivity contribution is 7.92. The van der Waals surface area contributed by atoms with Gasteiger partial charge < -0.3 is 19.5 Å². The smallest absolute Gasteiger partial charge is 0.358 e. The zero-order valence-electron chi connectivity index (χ0n) is 20.3. The first-order chi connectivity index (χ1) is 18.1. The molecule has 0 radical (unpaired) electrons. The third-order valence-electron chi connectivity index (χ3n) is 6.18. The van der Waals surface area contributed by atoms with Gasteiger partial charge in [-0.15, -0.1) is 10.2 Å². The molecule has 4 heterocycles. The number of H-pyrrole nitrogens is 1. The van der Waals surface area contributed by atoms with E-state index in [0.29, 0.717) is 45.0 Å². The summed E-state index contributed by atoms with van der Waals surface area (Å²) in [5, 5.41) is 22.3. The molecule has 0 bridgehead atoms. The Morgan fingerprint density at radius 2 is 2.08 bits per heavy atom. The van der Waals surface area contributed by atoms with E-state index in [1.807, 2.05) is 0 Å². The van der Waals surface area contributed by atoms with Gasteiger partial charge in [0.05, 0.1) is 17.9 Å². The number of carbonyl (C=O) groups is 1. The Balaban J connectivity index is 1.71. The molecule has 2 aliphatic heterocycles. The van der Waals surface area contributed by atoms with Crippen molar-refractivity contribution in [3.05, 3.63) is 24.0 Å². The van der Waals surface area contributed by atoms with Crippen LogP contribution in [0.25, 0.3) is 11.4 Å². The summed E-state index contributed by atoms with van der Waals surface area (Å²) in [6.07, 6.45) is 2.70. The van der Waals surface area contributed by atoms with E-state index in [1.165, 1.54) is 12.1 Å². The number of ether oxygens (including phenoxy) is 1. The second-order valence-corrected chi connectivity index (χ2v) is 11.9. The molecule has 2 aromatic heterocycles. The maximum atomic E-state index is 13.4. The number of sulfonamides is 2. The third kappa shape index (κ3) is 4.87. The minimum atomic E-state index is -4.65. The van der Waals surface area contributed by atoms with Crippen molar-refractivity contribution < 1.29 is 26.4 Å². The quantitative estimate of drug-likeness (QED) is 0.243. The summed E-state index contributed by atoms with van der Waals surface area (Å²) in [5.41, 5.74) is 0.136. The number of imidazole rings is 1. The van der Waals surface area contributed by atoms with Crippen LogP contribution >= 0.6 is 0 Å². The van der Waals surface area contributed by atoms with E-state index in [1.54, 1.807) is 22.6 Å². The molecule has 0 amide bonds. The molecule has 18 heteroatoms. The average Bonchev–Trinajstić information content (AvgIpc) is 3.64. The van der Waals surface area contributed by atoms with Crippen molar-refractivity contribution in [2.75, 3.05) is 31.1 Å². The number of hydrogen-bond donors (Lipinski definition) is 4. The molecule has 1 aromatic carbocycles. The second kappa shape index (κ2) is 10.0. The maximum absolute atomic E-state index is 13.4. The number of primary sulfonamides is 1. The lowest BCUT2D eigenvalue weighted by atomic mass is 10.1. The first-order valence-corrected chi connectivity index (χ1v) is 14.8. The number of aromatic nitrogens is 6. The zero-order valence-corrected chi connectivity index (χ0v) is 21.9. The highest BCUT2D eigenvalue weighted by Gasteiger charge is 2.36. The Labute approximate surface area is 218 Å². The molecule has 5 N–H and O–H groups in total. The van der Waals surface area contributed by atoms with Crippen LogP contribution in [0.5, 0.6) is 0 Å². The third-order valence-corrected chi connectivity index (χ3v) is 8.86. The van der Waals surface area contributed by atoms with Gasteiger partial charge in [0.15, 0.2) is 5.69 Å². The normalized spacial score (nSPS) is 17.9. The molecule has 0 aliphatic carbocycles. The standard InChI is InChI=1S/C20H26N10O6S2/c1-2-36-19(31)13-11-29-8-3-9-30(20(29)23-13)14-4-5-15(38(34,35)26-12-6-7-22-10-12)17(37(21,32)33)16(14)18-24-27-28-25-18/h4-5,11-12,22,26H,2-3,6-10H2,1H3,(H2,21,32,33)(H,24,25,27,28)/t12-/m1/s1. The summed E-state index contributed by atoms with van der Waals surface area (Å²) >= 11 is 0. The summed E-state index contributed by atoms with van der Waals surface area (Å²) in [6.45, 7) is 3.79. The van der Waals surface area contributed by atoms with Crippen molar-refractivity contribution in [2.24, 2.45) is 5.14 Å². The summed E-state index contributed by atoms with van der Waals surface area (Å²) < 4.78 is 62.1. The highest BCUT2D eigenvalue weighted by atomic mass is 32.2. The number of anilines is 2. The molecule has 1 atom stereocenters. The Kier molecular flexibility index (Phi) is 6.90. The van der Waals surface area contributed by atoms with Crippen LogP contribution < -0.4 is 20.1 Å². The number of nitrogens with two attached hydrogens (primary N) is 1. The van der Waals surface area contributed by atoms with Crippen LogP contribution in [0.1, 0.15) is 30.3 Å². The number of carbonyl (C=O) groups excluding carboxylic acids is 1. The Morgan fingerprint density at radius 1 is 1.26 bits per heavy atom. The van der Waals surface area contributed by atoms with Gasteiger partial charge in [-0.25, -0.2) is 36.5 Å². The van der Waals surface area contributed by atoms with Gasteiger partial charge in [0, 0.05) is 31.9 Å². The predicted molar refractivity (Wildman–Crippen MR) is 132 cm³/mol. The number of aromatic amines is 1. The molecule has 16 nitrogen and oxygen atoms in total. The number of benzene rings is 1. The lowest BCUT2D eigenvalue weighted by molar-refractivity contribution is 0.0520. The molecule has 5 rings (SSSR count). The Bertz CT molecular complexity index is 1560. The number of nitrogens with zero attached hydrogens (tertiary/aromatic N) is 6. The van der Waals surface area contributed by atoms with E-state index in [0.717, 1.165) is 0 Å². The number of nitrogens with one attached hydrogen (secondary N) is 3. The monoisotopic (exact) mass is 566 g/mol. The molecular weight excluding hydrogens is 540 g/mol. The van der Waals surface area contributed by atoms with Crippen molar-refractivity contribution in [3.63, 3.8) is 0 Å².